The quantitative estimate of drug-likeness (QED) is 0.919. The van der Waals surface area contributed by atoms with E-state index in [0.29, 0.717) is 19.4 Å². The van der Waals surface area contributed by atoms with Gasteiger partial charge >= 0.3 is 0 Å². The highest BCUT2D eigenvalue weighted by molar-refractivity contribution is 5.76. The van der Waals surface area contributed by atoms with Crippen molar-refractivity contribution in [1.29, 1.82) is 0 Å². The van der Waals surface area contributed by atoms with Gasteiger partial charge < -0.3 is 14.6 Å². The lowest BCUT2D eigenvalue weighted by Gasteiger charge is -2.35. The van der Waals surface area contributed by atoms with Gasteiger partial charge in [-0.1, -0.05) is 5.16 Å². The summed E-state index contributed by atoms with van der Waals surface area (Å²) in [6.07, 6.45) is 2.91. The van der Waals surface area contributed by atoms with Crippen molar-refractivity contribution >= 4 is 5.91 Å². The molecule has 20 heavy (non-hydrogen) atoms. The van der Waals surface area contributed by atoms with Crippen molar-refractivity contribution in [3.05, 3.63) is 17.0 Å². The summed E-state index contributed by atoms with van der Waals surface area (Å²) in [6, 6.07) is 0.218. The number of amides is 1. The molecular weight excluding hydrogens is 256 g/mol. The Labute approximate surface area is 120 Å². The van der Waals surface area contributed by atoms with Crippen LogP contribution in [0.2, 0.25) is 0 Å². The molecule has 5 heteroatoms. The smallest absolute Gasteiger partial charge is 0.220 e. The molecule has 0 bridgehead atoms. The van der Waals surface area contributed by atoms with Gasteiger partial charge in [0.25, 0.3) is 0 Å². The highest BCUT2D eigenvalue weighted by Gasteiger charge is 2.29. The largest absolute Gasteiger partial charge is 0.375 e. The van der Waals surface area contributed by atoms with E-state index in [2.05, 4.69) is 24.3 Å². The van der Waals surface area contributed by atoms with Crippen LogP contribution in [-0.2, 0) is 16.0 Å². The van der Waals surface area contributed by atoms with Crippen LogP contribution in [0.4, 0.5) is 0 Å². The van der Waals surface area contributed by atoms with Gasteiger partial charge in [0.15, 0.2) is 0 Å². The molecule has 0 saturated carbocycles. The second-order valence-electron chi connectivity index (χ2n) is 6.17. The van der Waals surface area contributed by atoms with Crippen LogP contribution in [-0.4, -0.2) is 29.3 Å². The molecule has 5 nitrogen and oxygen atoms in total. The van der Waals surface area contributed by atoms with Crippen LogP contribution >= 0.6 is 0 Å². The van der Waals surface area contributed by atoms with Crippen molar-refractivity contribution in [3.8, 4) is 0 Å². The van der Waals surface area contributed by atoms with Crippen molar-refractivity contribution in [2.24, 2.45) is 0 Å². The summed E-state index contributed by atoms with van der Waals surface area (Å²) in [7, 11) is 0. The Balaban J connectivity index is 1.81. The van der Waals surface area contributed by atoms with Crippen LogP contribution in [0.1, 0.15) is 50.1 Å². The number of carbonyl (C=O) groups excluding carboxylic acids is 1. The Morgan fingerprint density at radius 1 is 1.45 bits per heavy atom. The summed E-state index contributed by atoms with van der Waals surface area (Å²) in [6.45, 7) is 8.63. The summed E-state index contributed by atoms with van der Waals surface area (Å²) < 4.78 is 10.8. The first-order valence-electron chi connectivity index (χ1n) is 7.22. The molecule has 1 aromatic heterocycles. The number of nitrogens with one attached hydrogen (secondary N) is 1. The Kier molecular flexibility index (Phi) is 4.48. The number of hydrogen-bond acceptors (Lipinski definition) is 4. The summed E-state index contributed by atoms with van der Waals surface area (Å²) >= 11 is 0. The molecule has 112 valence electrons. The van der Waals surface area contributed by atoms with Gasteiger partial charge in [0.1, 0.15) is 5.76 Å². The molecule has 1 fully saturated rings. The third-order valence-corrected chi connectivity index (χ3v) is 3.85. The van der Waals surface area contributed by atoms with Crippen LogP contribution < -0.4 is 5.32 Å². The minimum Gasteiger partial charge on any atom is -0.375 e. The van der Waals surface area contributed by atoms with Crippen molar-refractivity contribution in [2.75, 3.05) is 6.61 Å². The molecule has 0 aliphatic carbocycles. The number of nitrogens with zero attached hydrogens (tertiary/aromatic N) is 1. The lowest BCUT2D eigenvalue weighted by Crippen LogP contribution is -2.45. The number of rotatable bonds is 4. The fourth-order valence-corrected chi connectivity index (χ4v) is 2.75. The third-order valence-electron chi connectivity index (χ3n) is 3.85. The number of hydrogen-bond donors (Lipinski definition) is 1. The highest BCUT2D eigenvalue weighted by atomic mass is 16.5. The van der Waals surface area contributed by atoms with Crippen LogP contribution in [0.5, 0.6) is 0 Å². The zero-order valence-corrected chi connectivity index (χ0v) is 12.8. The monoisotopic (exact) mass is 280 g/mol. The van der Waals surface area contributed by atoms with E-state index >= 15 is 0 Å². The van der Waals surface area contributed by atoms with Crippen molar-refractivity contribution < 1.29 is 14.1 Å². The molecule has 1 aliphatic rings. The first-order valence-corrected chi connectivity index (χ1v) is 7.22. The normalized spacial score (nSPS) is 21.7. The lowest BCUT2D eigenvalue weighted by molar-refractivity contribution is -0.124. The molecule has 0 unspecified atom stereocenters. The number of ether oxygens (including phenoxy) is 1. The Morgan fingerprint density at radius 3 is 2.80 bits per heavy atom. The van der Waals surface area contributed by atoms with Gasteiger partial charge in [-0.2, -0.15) is 0 Å². The average molecular weight is 280 g/mol. The molecule has 1 amide bonds. The number of carbonyl (C=O) groups is 1. The molecule has 1 aliphatic heterocycles. The van der Waals surface area contributed by atoms with Gasteiger partial charge in [-0.05, 0) is 47.0 Å². The predicted molar refractivity (Wildman–Crippen MR) is 75.5 cm³/mol. The SMILES string of the molecule is Cc1noc(C)c1CCC(=O)N[C@H]1CCOC(C)(C)C1. The minimum absolute atomic E-state index is 0.0905. The number of aromatic nitrogens is 1. The van der Waals surface area contributed by atoms with E-state index in [1.54, 1.807) is 0 Å². The molecule has 1 saturated heterocycles. The van der Waals surface area contributed by atoms with Gasteiger partial charge in [-0.25, -0.2) is 0 Å². The molecule has 2 rings (SSSR count). The second kappa shape index (κ2) is 5.95. The van der Waals surface area contributed by atoms with Crippen LogP contribution in [0.3, 0.4) is 0 Å². The molecule has 0 spiro atoms. The van der Waals surface area contributed by atoms with E-state index in [1.165, 1.54) is 0 Å². The van der Waals surface area contributed by atoms with E-state index < -0.39 is 0 Å². The first-order chi connectivity index (χ1) is 9.37. The Bertz CT molecular complexity index is 460. The standard InChI is InChI=1S/C15H24N2O3/c1-10-13(11(2)20-17-10)5-6-14(18)16-12-7-8-19-15(3,4)9-12/h12H,5-9H2,1-4H3,(H,16,18)/t12-/m0/s1. The van der Waals surface area contributed by atoms with Crippen molar-refractivity contribution in [3.63, 3.8) is 0 Å². The van der Waals surface area contributed by atoms with Gasteiger partial charge in [-0.15, -0.1) is 0 Å². The van der Waals surface area contributed by atoms with E-state index in [4.69, 9.17) is 9.26 Å². The summed E-state index contributed by atoms with van der Waals surface area (Å²) in [5.74, 6) is 0.898. The van der Waals surface area contributed by atoms with Crippen molar-refractivity contribution in [1.82, 2.24) is 10.5 Å². The zero-order chi connectivity index (χ0) is 14.8. The lowest BCUT2D eigenvalue weighted by atomic mass is 9.94. The minimum atomic E-state index is -0.141. The van der Waals surface area contributed by atoms with Crippen LogP contribution in [0.15, 0.2) is 4.52 Å². The van der Waals surface area contributed by atoms with Crippen molar-refractivity contribution in [2.45, 2.75) is 65.0 Å². The molecule has 1 aromatic rings. The summed E-state index contributed by atoms with van der Waals surface area (Å²) in [4.78, 5) is 12.0. The van der Waals surface area contributed by atoms with E-state index in [9.17, 15) is 4.79 Å². The average Bonchev–Trinajstić information content (AvgIpc) is 2.65. The van der Waals surface area contributed by atoms with Crippen LogP contribution in [0.25, 0.3) is 0 Å². The number of aryl methyl sites for hydroxylation is 2. The van der Waals surface area contributed by atoms with Gasteiger partial charge in [0.05, 0.1) is 11.3 Å². The molecule has 2 heterocycles. The Hall–Kier alpha value is -1.36. The first kappa shape index (κ1) is 15.0. The van der Waals surface area contributed by atoms with Gasteiger partial charge in [0, 0.05) is 24.6 Å². The van der Waals surface area contributed by atoms with E-state index in [1.807, 2.05) is 13.8 Å². The van der Waals surface area contributed by atoms with Crippen LogP contribution in [0, 0.1) is 13.8 Å². The molecular formula is C15H24N2O3. The van der Waals surface area contributed by atoms with Gasteiger partial charge in [-0.3, -0.25) is 4.79 Å². The Morgan fingerprint density at radius 2 is 2.20 bits per heavy atom. The maximum Gasteiger partial charge on any atom is 0.220 e. The molecule has 0 aromatic carbocycles. The second-order valence-corrected chi connectivity index (χ2v) is 6.17. The fourth-order valence-electron chi connectivity index (χ4n) is 2.75. The third kappa shape index (κ3) is 3.82. The molecule has 1 atom stereocenters. The summed E-state index contributed by atoms with van der Waals surface area (Å²) in [5, 5.41) is 7.01. The topological polar surface area (TPSA) is 64.4 Å². The van der Waals surface area contributed by atoms with E-state index in [0.717, 1.165) is 29.9 Å². The maximum atomic E-state index is 12.0. The maximum absolute atomic E-state index is 12.0. The van der Waals surface area contributed by atoms with E-state index in [-0.39, 0.29) is 17.6 Å². The fraction of sp³-hybridized carbons (Fsp3) is 0.733. The zero-order valence-electron chi connectivity index (χ0n) is 12.8. The molecule has 0 radical (unpaired) electrons. The summed E-state index contributed by atoms with van der Waals surface area (Å²) in [5.41, 5.74) is 1.78. The predicted octanol–water partition coefficient (Wildman–Crippen LogP) is 2.30. The van der Waals surface area contributed by atoms with Gasteiger partial charge in [0.2, 0.25) is 5.91 Å². The molecule has 1 N–H and O–H groups in total. The highest BCUT2D eigenvalue weighted by Crippen LogP contribution is 2.24.